The molecule has 15 heavy (non-hydrogen) atoms. The molecule has 90 valence electrons. The number of alkyl halides is 3. The summed E-state index contributed by atoms with van der Waals surface area (Å²) in [5.74, 6) is -0.569. The fourth-order valence-corrected chi connectivity index (χ4v) is 1.21. The number of carbonyl (C=O) groups is 1. The molecule has 0 aromatic heterocycles. The molecule has 0 aliphatic heterocycles. The molecule has 0 atom stereocenters. The van der Waals surface area contributed by atoms with Gasteiger partial charge in [-0.05, 0) is 25.6 Å². The lowest BCUT2D eigenvalue weighted by Gasteiger charge is -2.09. The molecule has 1 N–H and O–H groups in total. The van der Waals surface area contributed by atoms with Crippen LogP contribution < -0.4 is 5.32 Å². The maximum atomic E-state index is 11.7. The molecule has 0 spiro atoms. The van der Waals surface area contributed by atoms with Gasteiger partial charge in [0.2, 0.25) is 0 Å². The predicted octanol–water partition coefficient (Wildman–Crippen LogP) is 1.78. The highest BCUT2D eigenvalue weighted by molar-refractivity contribution is 8.00. The van der Waals surface area contributed by atoms with E-state index in [4.69, 9.17) is 4.74 Å². The van der Waals surface area contributed by atoms with Crippen molar-refractivity contribution in [2.45, 2.75) is 25.5 Å². The number of halogens is 3. The first-order chi connectivity index (χ1) is 6.81. The molecule has 0 fully saturated rings. The van der Waals surface area contributed by atoms with Crippen molar-refractivity contribution in [3.63, 3.8) is 0 Å². The Kier molecular flexibility index (Phi) is 6.75. The van der Waals surface area contributed by atoms with Crippen molar-refractivity contribution < 1.29 is 22.7 Å². The molecule has 7 heteroatoms. The predicted molar refractivity (Wildman–Crippen MR) is 52.6 cm³/mol. The first kappa shape index (κ1) is 14.6. The number of ether oxygens (including phenoxy) is 1. The second kappa shape index (κ2) is 6.95. The summed E-state index contributed by atoms with van der Waals surface area (Å²) >= 11 is -0.115. The van der Waals surface area contributed by atoms with Crippen LogP contribution >= 0.6 is 11.8 Å². The molecule has 0 unspecified atom stereocenters. The van der Waals surface area contributed by atoms with Crippen molar-refractivity contribution >= 4 is 17.7 Å². The Hall–Kier alpha value is -0.430. The SMILES string of the molecule is CC(C)OC(=O)CNCCSC(F)(F)F. The van der Waals surface area contributed by atoms with Gasteiger partial charge in [-0.1, -0.05) is 0 Å². The van der Waals surface area contributed by atoms with Crippen molar-refractivity contribution in [2.75, 3.05) is 18.8 Å². The maximum Gasteiger partial charge on any atom is 0.441 e. The van der Waals surface area contributed by atoms with Crippen LogP contribution in [0.4, 0.5) is 13.2 Å². The number of esters is 1. The third-order valence-electron chi connectivity index (χ3n) is 1.18. The standard InChI is InChI=1S/C8H14F3NO2S/c1-6(2)14-7(13)5-12-3-4-15-8(9,10)11/h6,12H,3-5H2,1-2H3. The number of carbonyl (C=O) groups excluding carboxylic acids is 1. The average Bonchev–Trinajstić information content (AvgIpc) is 1.99. The van der Waals surface area contributed by atoms with E-state index in [9.17, 15) is 18.0 Å². The minimum absolute atomic E-state index is 0.0589. The van der Waals surface area contributed by atoms with Gasteiger partial charge in [0.15, 0.2) is 0 Å². The minimum atomic E-state index is -4.21. The molecule has 0 saturated heterocycles. The molecular formula is C8H14F3NO2S. The second-order valence-electron chi connectivity index (χ2n) is 3.01. The highest BCUT2D eigenvalue weighted by Crippen LogP contribution is 2.29. The van der Waals surface area contributed by atoms with Crippen molar-refractivity contribution in [2.24, 2.45) is 0 Å². The van der Waals surface area contributed by atoms with Gasteiger partial charge in [0.05, 0.1) is 12.6 Å². The van der Waals surface area contributed by atoms with Crippen LogP contribution in [0.1, 0.15) is 13.8 Å². The zero-order valence-corrected chi connectivity index (χ0v) is 9.37. The topological polar surface area (TPSA) is 38.3 Å². The first-order valence-electron chi connectivity index (χ1n) is 4.42. The summed E-state index contributed by atoms with van der Waals surface area (Å²) in [7, 11) is 0. The largest absolute Gasteiger partial charge is 0.462 e. The van der Waals surface area contributed by atoms with Gasteiger partial charge < -0.3 is 10.1 Å². The fraction of sp³-hybridized carbons (Fsp3) is 0.875. The molecule has 0 aliphatic carbocycles. The number of hydrogen-bond donors (Lipinski definition) is 1. The number of hydrogen-bond acceptors (Lipinski definition) is 4. The Balaban J connectivity index is 3.35. The van der Waals surface area contributed by atoms with Gasteiger partial charge in [-0.15, -0.1) is 0 Å². The smallest absolute Gasteiger partial charge is 0.441 e. The van der Waals surface area contributed by atoms with E-state index < -0.39 is 11.5 Å². The highest BCUT2D eigenvalue weighted by atomic mass is 32.2. The number of rotatable bonds is 6. The Morgan fingerprint density at radius 2 is 2.07 bits per heavy atom. The van der Waals surface area contributed by atoms with Crippen molar-refractivity contribution in [3.05, 3.63) is 0 Å². The minimum Gasteiger partial charge on any atom is -0.462 e. The molecule has 0 amide bonds. The molecule has 3 nitrogen and oxygen atoms in total. The van der Waals surface area contributed by atoms with E-state index in [1.807, 2.05) is 0 Å². The van der Waals surface area contributed by atoms with Gasteiger partial charge >= 0.3 is 11.5 Å². The van der Waals surface area contributed by atoms with Crippen molar-refractivity contribution in [1.82, 2.24) is 5.32 Å². The van der Waals surface area contributed by atoms with Crippen molar-refractivity contribution in [1.29, 1.82) is 0 Å². The summed E-state index contributed by atoms with van der Waals surface area (Å²) in [5, 5.41) is 2.57. The molecule has 0 bridgehead atoms. The van der Waals surface area contributed by atoms with Crippen LogP contribution in [0.5, 0.6) is 0 Å². The van der Waals surface area contributed by atoms with E-state index in [1.54, 1.807) is 13.8 Å². The Labute approximate surface area is 90.7 Å². The molecule has 0 heterocycles. The summed E-state index contributed by atoms with van der Waals surface area (Å²) in [6.07, 6.45) is -0.205. The number of thioether (sulfide) groups is 1. The third-order valence-corrected chi connectivity index (χ3v) is 1.92. The lowest BCUT2D eigenvalue weighted by Crippen LogP contribution is -2.28. The summed E-state index contributed by atoms with van der Waals surface area (Å²) in [6, 6.07) is 0. The number of nitrogens with one attached hydrogen (secondary N) is 1. The normalized spacial score (nSPS) is 11.9. The van der Waals surface area contributed by atoms with Crippen LogP contribution in [0.25, 0.3) is 0 Å². The Morgan fingerprint density at radius 3 is 2.53 bits per heavy atom. The van der Waals surface area contributed by atoms with E-state index in [2.05, 4.69) is 5.32 Å². The summed E-state index contributed by atoms with van der Waals surface area (Å²) in [5.41, 5.74) is -4.21. The highest BCUT2D eigenvalue weighted by Gasteiger charge is 2.27. The van der Waals surface area contributed by atoms with Crippen LogP contribution in [0.2, 0.25) is 0 Å². The molecular weight excluding hydrogens is 231 g/mol. The maximum absolute atomic E-state index is 11.7. The van der Waals surface area contributed by atoms with E-state index >= 15 is 0 Å². The molecule has 0 aromatic rings. The van der Waals surface area contributed by atoms with Crippen LogP contribution in [-0.2, 0) is 9.53 Å². The van der Waals surface area contributed by atoms with Gasteiger partial charge in [0, 0.05) is 12.3 Å². The molecule has 0 aromatic carbocycles. The summed E-state index contributed by atoms with van der Waals surface area (Å²) in [6.45, 7) is 3.47. The quantitative estimate of drug-likeness (QED) is 0.572. The Bertz CT molecular complexity index is 197. The third kappa shape index (κ3) is 11.5. The van der Waals surface area contributed by atoms with Gasteiger partial charge in [-0.3, -0.25) is 4.79 Å². The van der Waals surface area contributed by atoms with Gasteiger partial charge in [-0.2, -0.15) is 13.2 Å². The van der Waals surface area contributed by atoms with E-state index in [0.717, 1.165) is 0 Å². The molecule has 0 rings (SSSR count). The van der Waals surface area contributed by atoms with Crippen LogP contribution in [-0.4, -0.2) is 36.4 Å². The summed E-state index contributed by atoms with van der Waals surface area (Å²) < 4.78 is 39.7. The molecule has 0 saturated carbocycles. The lowest BCUT2D eigenvalue weighted by molar-refractivity contribution is -0.146. The van der Waals surface area contributed by atoms with Gasteiger partial charge in [-0.25, -0.2) is 0 Å². The average molecular weight is 245 g/mol. The molecule has 0 aliphatic rings. The van der Waals surface area contributed by atoms with Crippen LogP contribution in [0.15, 0.2) is 0 Å². The zero-order valence-electron chi connectivity index (χ0n) is 8.56. The second-order valence-corrected chi connectivity index (χ2v) is 4.17. The first-order valence-corrected chi connectivity index (χ1v) is 5.40. The van der Waals surface area contributed by atoms with Crippen LogP contribution in [0, 0.1) is 0 Å². The Morgan fingerprint density at radius 1 is 1.47 bits per heavy atom. The van der Waals surface area contributed by atoms with Gasteiger partial charge in [0.25, 0.3) is 0 Å². The van der Waals surface area contributed by atoms with E-state index in [1.165, 1.54) is 0 Å². The van der Waals surface area contributed by atoms with Crippen molar-refractivity contribution in [3.8, 4) is 0 Å². The van der Waals surface area contributed by atoms with Gasteiger partial charge in [0.1, 0.15) is 0 Å². The monoisotopic (exact) mass is 245 g/mol. The summed E-state index contributed by atoms with van der Waals surface area (Å²) in [4.78, 5) is 10.9. The van der Waals surface area contributed by atoms with Crippen LogP contribution in [0.3, 0.4) is 0 Å². The van der Waals surface area contributed by atoms with E-state index in [0.29, 0.717) is 0 Å². The molecule has 0 radical (unpaired) electrons. The van der Waals surface area contributed by atoms with E-state index in [-0.39, 0.29) is 36.7 Å². The zero-order chi connectivity index (χ0) is 11.9. The lowest BCUT2D eigenvalue weighted by atomic mass is 10.5. The fourth-order valence-electron chi connectivity index (χ4n) is 0.734.